The van der Waals surface area contributed by atoms with Crippen molar-refractivity contribution in [3.05, 3.63) is 87.4 Å². The minimum Gasteiger partial charge on any atom is -0.322 e. The van der Waals surface area contributed by atoms with Crippen molar-refractivity contribution in [2.75, 3.05) is 10.0 Å². The summed E-state index contributed by atoms with van der Waals surface area (Å²) in [6.45, 7) is 3.48. The first-order valence-corrected chi connectivity index (χ1v) is 10.9. The number of halogens is 2. The smallest absolute Gasteiger partial charge is 0.262 e. The second kappa shape index (κ2) is 8.45. The highest BCUT2D eigenvalue weighted by Crippen LogP contribution is 2.25. The first kappa shape index (κ1) is 21.2. The average Bonchev–Trinajstić information content (AvgIpc) is 2.62. The zero-order chi connectivity index (χ0) is 21.2. The fraction of sp³-hybridized carbons (Fsp3) is 0.0952. The summed E-state index contributed by atoms with van der Waals surface area (Å²) >= 11 is 11.9. The number of rotatable bonds is 5. The molecule has 3 rings (SSSR count). The van der Waals surface area contributed by atoms with Gasteiger partial charge in [-0.25, -0.2) is 8.42 Å². The molecule has 0 saturated heterocycles. The fourth-order valence-corrected chi connectivity index (χ4v) is 4.68. The third kappa shape index (κ3) is 5.09. The molecular weight excluding hydrogens is 431 g/mol. The summed E-state index contributed by atoms with van der Waals surface area (Å²) in [5, 5.41) is 3.43. The number of carbonyl (C=O) groups excluding carboxylic acids is 1. The summed E-state index contributed by atoms with van der Waals surface area (Å²) in [4.78, 5) is 12.7. The van der Waals surface area contributed by atoms with Crippen LogP contribution in [0.5, 0.6) is 0 Å². The topological polar surface area (TPSA) is 75.3 Å². The van der Waals surface area contributed by atoms with Crippen LogP contribution in [0.1, 0.15) is 21.5 Å². The molecule has 0 heterocycles. The van der Waals surface area contributed by atoms with Gasteiger partial charge in [-0.15, -0.1) is 0 Å². The van der Waals surface area contributed by atoms with Crippen LogP contribution in [0.25, 0.3) is 0 Å². The van der Waals surface area contributed by atoms with Crippen LogP contribution in [0.3, 0.4) is 0 Å². The highest BCUT2D eigenvalue weighted by Gasteiger charge is 2.20. The normalized spacial score (nSPS) is 11.2. The summed E-state index contributed by atoms with van der Waals surface area (Å²) in [5.41, 5.74) is 2.40. The third-order valence-electron chi connectivity index (χ3n) is 4.25. The standard InChI is InChI=1S/C21H18Cl2N2O3S/c1-13-5-3-4-6-19(13)25-29(27,28)20-9-15(8-7-14(20)2)21(26)24-18-11-16(22)10-17(23)12-18/h3-12,25H,1-2H3,(H,24,26). The van der Waals surface area contributed by atoms with Crippen molar-refractivity contribution in [1.82, 2.24) is 0 Å². The fourth-order valence-electron chi connectivity index (χ4n) is 2.75. The van der Waals surface area contributed by atoms with E-state index in [1.807, 2.05) is 19.1 Å². The van der Waals surface area contributed by atoms with E-state index in [9.17, 15) is 13.2 Å². The van der Waals surface area contributed by atoms with Gasteiger partial charge < -0.3 is 5.32 Å². The molecule has 5 nitrogen and oxygen atoms in total. The molecule has 0 fully saturated rings. The Morgan fingerprint density at radius 3 is 2.17 bits per heavy atom. The average molecular weight is 449 g/mol. The summed E-state index contributed by atoms with van der Waals surface area (Å²) in [5.74, 6) is -0.476. The zero-order valence-electron chi connectivity index (χ0n) is 15.7. The third-order valence-corrected chi connectivity index (χ3v) is 6.19. The molecule has 0 spiro atoms. The van der Waals surface area contributed by atoms with Crippen LogP contribution in [0, 0.1) is 13.8 Å². The number of benzene rings is 3. The van der Waals surface area contributed by atoms with Crippen molar-refractivity contribution in [3.63, 3.8) is 0 Å². The first-order chi connectivity index (χ1) is 13.7. The molecule has 0 aromatic heterocycles. The molecule has 0 saturated carbocycles. The van der Waals surface area contributed by atoms with Crippen molar-refractivity contribution in [2.45, 2.75) is 18.7 Å². The molecule has 2 N–H and O–H groups in total. The number of hydrogen-bond acceptors (Lipinski definition) is 3. The second-order valence-electron chi connectivity index (χ2n) is 6.51. The monoisotopic (exact) mass is 448 g/mol. The number of para-hydroxylation sites is 1. The van der Waals surface area contributed by atoms with Crippen molar-refractivity contribution < 1.29 is 13.2 Å². The Hall–Kier alpha value is -2.54. The van der Waals surface area contributed by atoms with E-state index in [0.29, 0.717) is 27.0 Å². The maximum absolute atomic E-state index is 12.9. The number of amides is 1. The van der Waals surface area contributed by atoms with Gasteiger partial charge in [-0.05, 0) is 61.4 Å². The minimum absolute atomic E-state index is 0.0255. The number of sulfonamides is 1. The van der Waals surface area contributed by atoms with Crippen molar-refractivity contribution in [1.29, 1.82) is 0 Å². The number of anilines is 2. The first-order valence-electron chi connectivity index (χ1n) is 8.62. The Morgan fingerprint density at radius 1 is 0.862 bits per heavy atom. The Kier molecular flexibility index (Phi) is 6.17. The van der Waals surface area contributed by atoms with Gasteiger partial charge in [-0.2, -0.15) is 0 Å². The van der Waals surface area contributed by atoms with Gasteiger partial charge in [0.2, 0.25) is 0 Å². The maximum atomic E-state index is 12.9. The van der Waals surface area contributed by atoms with Gasteiger partial charge in [0.15, 0.2) is 0 Å². The quantitative estimate of drug-likeness (QED) is 0.528. The summed E-state index contributed by atoms with van der Waals surface area (Å²) < 4.78 is 28.4. The lowest BCUT2D eigenvalue weighted by atomic mass is 10.1. The van der Waals surface area contributed by atoms with E-state index >= 15 is 0 Å². The molecule has 29 heavy (non-hydrogen) atoms. The van der Waals surface area contributed by atoms with E-state index in [-0.39, 0.29) is 10.5 Å². The molecule has 3 aromatic carbocycles. The van der Waals surface area contributed by atoms with Crippen LogP contribution >= 0.6 is 23.2 Å². The van der Waals surface area contributed by atoms with Gasteiger partial charge in [0.05, 0.1) is 10.6 Å². The van der Waals surface area contributed by atoms with E-state index < -0.39 is 15.9 Å². The number of hydrogen-bond donors (Lipinski definition) is 2. The molecule has 0 radical (unpaired) electrons. The molecule has 0 aliphatic heterocycles. The Labute approximate surface area is 179 Å². The number of nitrogens with one attached hydrogen (secondary N) is 2. The molecule has 0 aliphatic carbocycles. The molecule has 3 aromatic rings. The van der Waals surface area contributed by atoms with E-state index in [4.69, 9.17) is 23.2 Å². The summed E-state index contributed by atoms with van der Waals surface area (Å²) in [6, 6.07) is 16.2. The predicted molar refractivity (Wildman–Crippen MR) is 118 cm³/mol. The lowest BCUT2D eigenvalue weighted by Gasteiger charge is -2.13. The molecule has 0 bridgehead atoms. The Bertz CT molecular complexity index is 1170. The second-order valence-corrected chi connectivity index (χ2v) is 9.04. The Balaban J connectivity index is 1.91. The van der Waals surface area contributed by atoms with Crippen LogP contribution < -0.4 is 10.0 Å². The zero-order valence-corrected chi connectivity index (χ0v) is 18.0. The van der Waals surface area contributed by atoms with Gasteiger partial charge in [0.1, 0.15) is 0 Å². The number of carbonyl (C=O) groups is 1. The van der Waals surface area contributed by atoms with Gasteiger partial charge >= 0.3 is 0 Å². The van der Waals surface area contributed by atoms with E-state index in [0.717, 1.165) is 5.56 Å². The van der Waals surface area contributed by atoms with Crippen molar-refractivity contribution in [2.24, 2.45) is 0 Å². The van der Waals surface area contributed by atoms with E-state index in [1.54, 1.807) is 49.4 Å². The van der Waals surface area contributed by atoms with Crippen LogP contribution in [0.15, 0.2) is 65.6 Å². The van der Waals surface area contributed by atoms with Gasteiger partial charge in [0, 0.05) is 21.3 Å². The van der Waals surface area contributed by atoms with Crippen LogP contribution in [-0.2, 0) is 10.0 Å². The van der Waals surface area contributed by atoms with Crippen LogP contribution in [0.2, 0.25) is 10.0 Å². The summed E-state index contributed by atoms with van der Waals surface area (Å²) in [7, 11) is -3.88. The van der Waals surface area contributed by atoms with Gasteiger partial charge in [-0.1, -0.05) is 47.5 Å². The predicted octanol–water partition coefficient (Wildman–Crippen LogP) is 5.66. The molecule has 150 valence electrons. The highest BCUT2D eigenvalue weighted by molar-refractivity contribution is 7.92. The SMILES string of the molecule is Cc1ccccc1NS(=O)(=O)c1cc(C(=O)Nc2cc(Cl)cc(Cl)c2)ccc1C. The molecule has 1 amide bonds. The minimum atomic E-state index is -3.88. The largest absolute Gasteiger partial charge is 0.322 e. The van der Waals surface area contributed by atoms with Gasteiger partial charge in [0.25, 0.3) is 15.9 Å². The van der Waals surface area contributed by atoms with Crippen molar-refractivity contribution in [3.8, 4) is 0 Å². The maximum Gasteiger partial charge on any atom is 0.262 e. The van der Waals surface area contributed by atoms with E-state index in [2.05, 4.69) is 10.0 Å². The van der Waals surface area contributed by atoms with Crippen LogP contribution in [0.4, 0.5) is 11.4 Å². The van der Waals surface area contributed by atoms with Crippen LogP contribution in [-0.4, -0.2) is 14.3 Å². The molecule has 0 aliphatic rings. The summed E-state index contributed by atoms with van der Waals surface area (Å²) in [6.07, 6.45) is 0. The molecule has 8 heteroatoms. The lowest BCUT2D eigenvalue weighted by molar-refractivity contribution is 0.102. The van der Waals surface area contributed by atoms with Crippen molar-refractivity contribution >= 4 is 50.5 Å². The number of aryl methyl sites for hydroxylation is 2. The highest BCUT2D eigenvalue weighted by atomic mass is 35.5. The van der Waals surface area contributed by atoms with Gasteiger partial charge in [-0.3, -0.25) is 9.52 Å². The molecule has 0 unspecified atom stereocenters. The molecule has 0 atom stereocenters. The Morgan fingerprint density at radius 2 is 1.52 bits per heavy atom. The molecular formula is C21H18Cl2N2O3S. The van der Waals surface area contributed by atoms with E-state index in [1.165, 1.54) is 6.07 Å². The lowest BCUT2D eigenvalue weighted by Crippen LogP contribution is -2.17.